The SMILES string of the molecule is OC(Cc1ccc(Br)s1)c1cccc(C(F)(F)F)c1F. The molecule has 1 aromatic heterocycles. The van der Waals surface area contributed by atoms with Gasteiger partial charge in [-0.25, -0.2) is 4.39 Å². The third-order valence-electron chi connectivity index (χ3n) is 2.72. The molecule has 0 spiro atoms. The number of thiophene rings is 1. The van der Waals surface area contributed by atoms with E-state index in [1.165, 1.54) is 11.3 Å². The highest BCUT2D eigenvalue weighted by Gasteiger charge is 2.35. The molecule has 0 fully saturated rings. The fourth-order valence-corrected chi connectivity index (χ4v) is 3.31. The number of alkyl halides is 3. The van der Waals surface area contributed by atoms with Gasteiger partial charge in [-0.15, -0.1) is 11.3 Å². The van der Waals surface area contributed by atoms with Gasteiger partial charge in [0.2, 0.25) is 0 Å². The standard InChI is InChI=1S/C13H9BrF4OS/c14-11-5-4-7(20-11)6-10(19)8-2-1-3-9(12(8)15)13(16,17)18/h1-5,10,19H,6H2. The molecule has 0 aliphatic heterocycles. The Kier molecular flexibility index (Phi) is 4.51. The lowest BCUT2D eigenvalue weighted by atomic mass is 10.0. The van der Waals surface area contributed by atoms with Crippen molar-refractivity contribution in [2.24, 2.45) is 0 Å². The van der Waals surface area contributed by atoms with E-state index in [0.29, 0.717) is 6.07 Å². The van der Waals surface area contributed by atoms with Crippen LogP contribution in [0.1, 0.15) is 22.1 Å². The van der Waals surface area contributed by atoms with Crippen LogP contribution in [0.2, 0.25) is 0 Å². The van der Waals surface area contributed by atoms with Crippen molar-refractivity contribution in [2.45, 2.75) is 18.7 Å². The Bertz CT molecular complexity index is 609. The summed E-state index contributed by atoms with van der Waals surface area (Å²) in [6.45, 7) is 0. The maximum absolute atomic E-state index is 13.8. The molecule has 1 N–H and O–H groups in total. The zero-order valence-electron chi connectivity index (χ0n) is 9.92. The zero-order chi connectivity index (χ0) is 14.9. The van der Waals surface area contributed by atoms with Crippen LogP contribution in [0.3, 0.4) is 0 Å². The quantitative estimate of drug-likeness (QED) is 0.760. The number of aliphatic hydroxyl groups excluding tert-OH is 1. The van der Waals surface area contributed by atoms with Gasteiger partial charge in [0, 0.05) is 16.9 Å². The zero-order valence-corrected chi connectivity index (χ0v) is 12.3. The van der Waals surface area contributed by atoms with Crippen LogP contribution in [-0.4, -0.2) is 5.11 Å². The predicted molar refractivity (Wildman–Crippen MR) is 72.1 cm³/mol. The average molecular weight is 369 g/mol. The normalized spacial score (nSPS) is 13.5. The van der Waals surface area contributed by atoms with Crippen molar-refractivity contribution in [1.82, 2.24) is 0 Å². The van der Waals surface area contributed by atoms with Gasteiger partial charge in [-0.1, -0.05) is 12.1 Å². The van der Waals surface area contributed by atoms with Crippen LogP contribution in [0.15, 0.2) is 34.1 Å². The Morgan fingerprint density at radius 3 is 2.45 bits per heavy atom. The van der Waals surface area contributed by atoms with Crippen molar-refractivity contribution in [3.05, 3.63) is 55.9 Å². The fourth-order valence-electron chi connectivity index (χ4n) is 1.79. The topological polar surface area (TPSA) is 20.2 Å². The second-order valence-electron chi connectivity index (χ2n) is 4.13. The summed E-state index contributed by atoms with van der Waals surface area (Å²) in [5, 5.41) is 9.94. The van der Waals surface area contributed by atoms with Crippen molar-refractivity contribution in [2.75, 3.05) is 0 Å². The maximum Gasteiger partial charge on any atom is 0.419 e. The number of hydrogen-bond acceptors (Lipinski definition) is 2. The summed E-state index contributed by atoms with van der Waals surface area (Å²) < 4.78 is 52.5. The molecule has 20 heavy (non-hydrogen) atoms. The third-order valence-corrected chi connectivity index (χ3v) is 4.36. The molecule has 1 nitrogen and oxygen atoms in total. The minimum atomic E-state index is -4.77. The molecule has 0 saturated heterocycles. The molecule has 2 aromatic rings. The number of halogens is 5. The van der Waals surface area contributed by atoms with Gasteiger partial charge in [0.15, 0.2) is 0 Å². The molecule has 1 unspecified atom stereocenters. The molecule has 0 saturated carbocycles. The first-order valence-electron chi connectivity index (χ1n) is 5.57. The number of rotatable bonds is 3. The fraction of sp³-hybridized carbons (Fsp3) is 0.231. The summed E-state index contributed by atoms with van der Waals surface area (Å²) in [5.74, 6) is -1.41. The van der Waals surface area contributed by atoms with E-state index in [-0.39, 0.29) is 12.0 Å². The van der Waals surface area contributed by atoms with E-state index >= 15 is 0 Å². The Morgan fingerprint density at radius 1 is 1.20 bits per heavy atom. The van der Waals surface area contributed by atoms with Crippen molar-refractivity contribution in [1.29, 1.82) is 0 Å². The van der Waals surface area contributed by atoms with Crippen molar-refractivity contribution in [3.63, 3.8) is 0 Å². The van der Waals surface area contributed by atoms with E-state index in [1.807, 2.05) is 0 Å². The Balaban J connectivity index is 2.28. The van der Waals surface area contributed by atoms with Gasteiger partial charge in [-0.2, -0.15) is 13.2 Å². The van der Waals surface area contributed by atoms with Crippen LogP contribution >= 0.6 is 27.3 Å². The van der Waals surface area contributed by atoms with Gasteiger partial charge in [-0.05, 0) is 34.1 Å². The van der Waals surface area contributed by atoms with Gasteiger partial charge in [0.25, 0.3) is 0 Å². The van der Waals surface area contributed by atoms with Gasteiger partial charge < -0.3 is 5.11 Å². The summed E-state index contributed by atoms with van der Waals surface area (Å²) in [6, 6.07) is 6.40. The molecule has 0 bridgehead atoms. The highest BCUT2D eigenvalue weighted by atomic mass is 79.9. The maximum atomic E-state index is 13.8. The van der Waals surface area contributed by atoms with E-state index in [1.54, 1.807) is 12.1 Å². The summed E-state index contributed by atoms with van der Waals surface area (Å²) in [7, 11) is 0. The first-order valence-corrected chi connectivity index (χ1v) is 7.18. The van der Waals surface area contributed by atoms with Gasteiger partial charge in [0.05, 0.1) is 15.5 Å². The number of hydrogen-bond donors (Lipinski definition) is 1. The summed E-state index contributed by atoms with van der Waals surface area (Å²) in [4.78, 5) is 0.751. The van der Waals surface area contributed by atoms with E-state index < -0.39 is 23.7 Å². The highest BCUT2D eigenvalue weighted by Crippen LogP contribution is 2.35. The Labute approximate surface area is 125 Å². The molecule has 1 heterocycles. The molecular weight excluding hydrogens is 360 g/mol. The lowest BCUT2D eigenvalue weighted by Crippen LogP contribution is -2.12. The predicted octanol–water partition coefficient (Wildman–Crippen LogP) is 4.94. The molecule has 0 aliphatic rings. The third kappa shape index (κ3) is 3.39. The van der Waals surface area contributed by atoms with Gasteiger partial charge >= 0.3 is 6.18 Å². The highest BCUT2D eigenvalue weighted by molar-refractivity contribution is 9.11. The van der Waals surface area contributed by atoms with Crippen molar-refractivity contribution in [3.8, 4) is 0 Å². The second kappa shape index (κ2) is 5.83. The van der Waals surface area contributed by atoms with Crippen LogP contribution in [0.25, 0.3) is 0 Å². The molecule has 1 aromatic carbocycles. The van der Waals surface area contributed by atoms with Crippen LogP contribution in [0.4, 0.5) is 17.6 Å². The van der Waals surface area contributed by atoms with E-state index in [2.05, 4.69) is 15.9 Å². The Hall–Kier alpha value is -0.920. The number of aliphatic hydroxyl groups is 1. The van der Waals surface area contributed by atoms with E-state index in [0.717, 1.165) is 20.8 Å². The van der Waals surface area contributed by atoms with E-state index in [9.17, 15) is 22.7 Å². The molecular formula is C13H9BrF4OS. The molecule has 108 valence electrons. The molecule has 0 aliphatic carbocycles. The van der Waals surface area contributed by atoms with Crippen molar-refractivity contribution < 1.29 is 22.7 Å². The molecule has 0 amide bonds. The van der Waals surface area contributed by atoms with E-state index in [4.69, 9.17) is 0 Å². The monoisotopic (exact) mass is 368 g/mol. The minimum Gasteiger partial charge on any atom is -0.388 e. The first kappa shape index (κ1) is 15.5. The van der Waals surface area contributed by atoms with Crippen LogP contribution in [0, 0.1) is 5.82 Å². The smallest absolute Gasteiger partial charge is 0.388 e. The second-order valence-corrected chi connectivity index (χ2v) is 6.68. The molecule has 2 rings (SSSR count). The lowest BCUT2D eigenvalue weighted by Gasteiger charge is -2.15. The molecule has 0 radical (unpaired) electrons. The molecule has 1 atom stereocenters. The number of benzene rings is 1. The van der Waals surface area contributed by atoms with Crippen LogP contribution in [0.5, 0.6) is 0 Å². The summed E-state index contributed by atoms with van der Waals surface area (Å²) >= 11 is 4.58. The Morgan fingerprint density at radius 2 is 1.90 bits per heavy atom. The lowest BCUT2D eigenvalue weighted by molar-refractivity contribution is -0.140. The van der Waals surface area contributed by atoms with Crippen LogP contribution < -0.4 is 0 Å². The first-order chi connectivity index (χ1) is 9.29. The minimum absolute atomic E-state index is 0.0640. The van der Waals surface area contributed by atoms with Gasteiger partial charge in [0.1, 0.15) is 5.82 Å². The van der Waals surface area contributed by atoms with Crippen molar-refractivity contribution >= 4 is 27.3 Å². The summed E-state index contributed by atoms with van der Waals surface area (Å²) in [6.07, 6.45) is -6.02. The van der Waals surface area contributed by atoms with Gasteiger partial charge in [-0.3, -0.25) is 0 Å². The van der Waals surface area contributed by atoms with Crippen LogP contribution in [-0.2, 0) is 12.6 Å². The summed E-state index contributed by atoms with van der Waals surface area (Å²) in [5.41, 5.74) is -1.70. The average Bonchev–Trinajstić information content (AvgIpc) is 2.73. The molecule has 7 heteroatoms. The largest absolute Gasteiger partial charge is 0.419 e.